The molecule has 0 amide bonds. The molecule has 0 saturated carbocycles. The Morgan fingerprint density at radius 3 is 2.67 bits per heavy atom. The highest BCUT2D eigenvalue weighted by atomic mass is 35.5. The molecule has 1 aromatic heterocycles. The molecule has 1 N–H and O–H groups in total. The third kappa shape index (κ3) is 3.03. The zero-order chi connectivity index (χ0) is 14.8. The molecule has 1 aliphatic heterocycles. The monoisotopic (exact) mass is 326 g/mol. The summed E-state index contributed by atoms with van der Waals surface area (Å²) in [5.41, 5.74) is 1.53. The van der Waals surface area contributed by atoms with Crippen molar-refractivity contribution < 1.29 is 14.4 Å². The molecule has 6 nitrogen and oxygen atoms in total. The molecular weight excluding hydrogens is 316 g/mol. The molecule has 0 radical (unpaired) electrons. The van der Waals surface area contributed by atoms with Crippen molar-refractivity contribution >= 4 is 33.6 Å². The van der Waals surface area contributed by atoms with Gasteiger partial charge in [-0.2, -0.15) is 0 Å². The van der Waals surface area contributed by atoms with Crippen LogP contribution in [0.2, 0.25) is 5.02 Å². The SMILES string of the molecule is O=[N+]([O-])c1cc(CNc2cc3c(cc2Cl)OCCO3)cs1. The summed E-state index contributed by atoms with van der Waals surface area (Å²) >= 11 is 7.28. The van der Waals surface area contributed by atoms with Crippen LogP contribution in [0.1, 0.15) is 5.56 Å². The van der Waals surface area contributed by atoms with Crippen LogP contribution in [0, 0.1) is 10.1 Å². The molecule has 1 aliphatic rings. The molecule has 0 aliphatic carbocycles. The molecule has 1 aromatic carbocycles. The second kappa shape index (κ2) is 5.79. The molecule has 2 aromatic rings. The molecular formula is C13H11ClN2O4S. The van der Waals surface area contributed by atoms with Crippen molar-refractivity contribution in [1.82, 2.24) is 0 Å². The third-order valence-electron chi connectivity index (χ3n) is 2.93. The van der Waals surface area contributed by atoms with Gasteiger partial charge in [0.15, 0.2) is 11.5 Å². The summed E-state index contributed by atoms with van der Waals surface area (Å²) in [6, 6.07) is 5.02. The molecule has 0 saturated heterocycles. The number of fused-ring (bicyclic) bond motifs is 1. The normalized spacial score (nSPS) is 13.0. The molecule has 2 heterocycles. The molecule has 8 heteroatoms. The number of rotatable bonds is 4. The summed E-state index contributed by atoms with van der Waals surface area (Å²) in [6.45, 7) is 1.46. The van der Waals surface area contributed by atoms with Gasteiger partial charge in [0.1, 0.15) is 13.2 Å². The largest absolute Gasteiger partial charge is 0.486 e. The zero-order valence-corrected chi connectivity index (χ0v) is 12.4. The van der Waals surface area contributed by atoms with E-state index >= 15 is 0 Å². The van der Waals surface area contributed by atoms with Gasteiger partial charge in [0, 0.05) is 30.1 Å². The fraction of sp³-hybridized carbons (Fsp3) is 0.231. The maximum absolute atomic E-state index is 10.6. The van der Waals surface area contributed by atoms with E-state index in [4.69, 9.17) is 21.1 Å². The summed E-state index contributed by atoms with van der Waals surface area (Å²) in [7, 11) is 0. The van der Waals surface area contributed by atoms with Gasteiger partial charge in [0.25, 0.3) is 0 Å². The smallest absolute Gasteiger partial charge is 0.324 e. The number of nitrogens with zero attached hydrogens (tertiary/aromatic N) is 1. The number of hydrogen-bond acceptors (Lipinski definition) is 6. The Hall–Kier alpha value is -1.99. The zero-order valence-electron chi connectivity index (χ0n) is 10.8. The summed E-state index contributed by atoms with van der Waals surface area (Å²) in [4.78, 5) is 10.2. The van der Waals surface area contributed by atoms with Gasteiger partial charge in [-0.25, -0.2) is 0 Å². The fourth-order valence-corrected chi connectivity index (χ4v) is 2.90. The number of nitrogens with one attached hydrogen (secondary N) is 1. The van der Waals surface area contributed by atoms with Crippen LogP contribution < -0.4 is 14.8 Å². The van der Waals surface area contributed by atoms with Crippen LogP contribution in [0.25, 0.3) is 0 Å². The van der Waals surface area contributed by atoms with E-state index in [0.29, 0.717) is 42.0 Å². The lowest BCUT2D eigenvalue weighted by Gasteiger charge is -2.20. The first-order valence-corrected chi connectivity index (χ1v) is 7.44. The highest BCUT2D eigenvalue weighted by Crippen LogP contribution is 2.38. The highest BCUT2D eigenvalue weighted by molar-refractivity contribution is 7.13. The Labute approximate surface area is 129 Å². The van der Waals surface area contributed by atoms with Crippen LogP contribution in [0.15, 0.2) is 23.6 Å². The molecule has 3 rings (SSSR count). The van der Waals surface area contributed by atoms with Crippen molar-refractivity contribution in [3.63, 3.8) is 0 Å². The second-order valence-corrected chi connectivity index (χ2v) is 5.68. The van der Waals surface area contributed by atoms with E-state index in [1.807, 2.05) is 0 Å². The minimum atomic E-state index is -0.398. The Bertz CT molecular complexity index is 689. The Balaban J connectivity index is 1.73. The molecule has 0 spiro atoms. The van der Waals surface area contributed by atoms with E-state index in [9.17, 15) is 10.1 Å². The van der Waals surface area contributed by atoms with Gasteiger partial charge in [-0.15, -0.1) is 0 Å². The van der Waals surface area contributed by atoms with Gasteiger partial charge in [-0.3, -0.25) is 10.1 Å². The summed E-state index contributed by atoms with van der Waals surface area (Å²) in [6.07, 6.45) is 0. The average molecular weight is 327 g/mol. The first-order chi connectivity index (χ1) is 10.1. The van der Waals surface area contributed by atoms with Crippen LogP contribution in [0.3, 0.4) is 0 Å². The lowest BCUT2D eigenvalue weighted by atomic mass is 10.2. The lowest BCUT2D eigenvalue weighted by Crippen LogP contribution is -2.15. The topological polar surface area (TPSA) is 73.6 Å². The Kier molecular flexibility index (Phi) is 3.85. The van der Waals surface area contributed by atoms with E-state index < -0.39 is 4.92 Å². The van der Waals surface area contributed by atoms with Crippen molar-refractivity contribution in [3.05, 3.63) is 44.3 Å². The van der Waals surface area contributed by atoms with E-state index in [0.717, 1.165) is 16.9 Å². The maximum Gasteiger partial charge on any atom is 0.324 e. The number of ether oxygens (including phenoxy) is 2. The van der Waals surface area contributed by atoms with Gasteiger partial charge in [0.05, 0.1) is 15.6 Å². The predicted molar refractivity (Wildman–Crippen MR) is 80.7 cm³/mol. The van der Waals surface area contributed by atoms with Crippen molar-refractivity contribution in [3.8, 4) is 11.5 Å². The van der Waals surface area contributed by atoms with Gasteiger partial charge in [0.2, 0.25) is 0 Å². The van der Waals surface area contributed by atoms with Gasteiger partial charge in [-0.1, -0.05) is 22.9 Å². The van der Waals surface area contributed by atoms with Crippen LogP contribution in [0.4, 0.5) is 10.7 Å². The number of hydrogen-bond donors (Lipinski definition) is 1. The number of halogens is 1. The van der Waals surface area contributed by atoms with Crippen molar-refractivity contribution in [2.24, 2.45) is 0 Å². The molecule has 110 valence electrons. The Morgan fingerprint density at radius 1 is 1.29 bits per heavy atom. The molecule has 0 atom stereocenters. The first-order valence-electron chi connectivity index (χ1n) is 6.18. The number of benzene rings is 1. The quantitative estimate of drug-likeness (QED) is 0.685. The first kappa shape index (κ1) is 14.0. The third-order valence-corrected chi connectivity index (χ3v) is 4.18. The lowest BCUT2D eigenvalue weighted by molar-refractivity contribution is -0.380. The van der Waals surface area contributed by atoms with Crippen molar-refractivity contribution in [2.75, 3.05) is 18.5 Å². The van der Waals surface area contributed by atoms with Crippen LogP contribution in [-0.4, -0.2) is 18.1 Å². The minimum Gasteiger partial charge on any atom is -0.486 e. The standard InChI is InChI=1S/C13H11ClN2O4S/c14-9-4-11-12(20-2-1-19-11)5-10(9)15-6-8-3-13(16(17)18)21-7-8/h3-5,7,15H,1-2,6H2. The minimum absolute atomic E-state index is 0.125. The molecule has 0 unspecified atom stereocenters. The van der Waals surface area contributed by atoms with Crippen molar-refractivity contribution in [2.45, 2.75) is 6.54 Å². The number of nitro groups is 1. The van der Waals surface area contributed by atoms with E-state index in [-0.39, 0.29) is 5.00 Å². The summed E-state index contributed by atoms with van der Waals surface area (Å²) < 4.78 is 10.9. The highest BCUT2D eigenvalue weighted by Gasteiger charge is 2.15. The maximum atomic E-state index is 10.6. The number of thiophene rings is 1. The summed E-state index contributed by atoms with van der Waals surface area (Å²) in [5.74, 6) is 1.27. The van der Waals surface area contributed by atoms with Crippen LogP contribution in [-0.2, 0) is 6.54 Å². The van der Waals surface area contributed by atoms with Gasteiger partial charge >= 0.3 is 5.00 Å². The average Bonchev–Trinajstić information content (AvgIpc) is 2.94. The molecule has 21 heavy (non-hydrogen) atoms. The Morgan fingerprint density at radius 2 is 2.00 bits per heavy atom. The van der Waals surface area contributed by atoms with Crippen LogP contribution >= 0.6 is 22.9 Å². The van der Waals surface area contributed by atoms with E-state index in [1.165, 1.54) is 0 Å². The van der Waals surface area contributed by atoms with E-state index in [2.05, 4.69) is 5.32 Å². The van der Waals surface area contributed by atoms with Gasteiger partial charge < -0.3 is 14.8 Å². The second-order valence-electron chi connectivity index (χ2n) is 4.38. The summed E-state index contributed by atoms with van der Waals surface area (Å²) in [5, 5.41) is 16.2. The van der Waals surface area contributed by atoms with Crippen LogP contribution in [0.5, 0.6) is 11.5 Å². The van der Waals surface area contributed by atoms with Crippen molar-refractivity contribution in [1.29, 1.82) is 0 Å². The molecule has 0 bridgehead atoms. The number of anilines is 1. The van der Waals surface area contributed by atoms with E-state index in [1.54, 1.807) is 23.6 Å². The predicted octanol–water partition coefficient (Wildman–Crippen LogP) is 3.69. The fourth-order valence-electron chi connectivity index (χ4n) is 1.95. The van der Waals surface area contributed by atoms with Gasteiger partial charge in [-0.05, 0) is 5.56 Å². The molecule has 0 fully saturated rings.